The van der Waals surface area contributed by atoms with E-state index in [4.69, 9.17) is 9.31 Å². The van der Waals surface area contributed by atoms with Crippen LogP contribution in [0.1, 0.15) is 49.7 Å². The Morgan fingerprint density at radius 1 is 1.18 bits per heavy atom. The molecule has 174 valence electrons. The molecule has 2 aromatic rings. The zero-order chi connectivity index (χ0) is 23.8. The number of carbonyl (C=O) groups is 3. The van der Waals surface area contributed by atoms with Gasteiger partial charge in [-0.15, -0.1) is 0 Å². The highest BCUT2D eigenvalue weighted by atomic mass is 16.6. The fraction of sp³-hybridized carbons (Fsp3) is 0.435. The van der Waals surface area contributed by atoms with Crippen LogP contribution >= 0.6 is 0 Å². The molecule has 1 aromatic carbocycles. The molecule has 0 radical (unpaired) electrons. The molecule has 33 heavy (non-hydrogen) atoms. The fourth-order valence-corrected chi connectivity index (χ4v) is 3.63. The summed E-state index contributed by atoms with van der Waals surface area (Å²) >= 11 is 0. The summed E-state index contributed by atoms with van der Waals surface area (Å²) in [5.74, 6) is -1.63. The number of benzene rings is 1. The van der Waals surface area contributed by atoms with Crippen LogP contribution in [0.3, 0.4) is 0 Å². The molecule has 1 aliphatic rings. The second-order valence-electron chi connectivity index (χ2n) is 8.56. The lowest BCUT2D eigenvalue weighted by Crippen LogP contribution is -2.58. The van der Waals surface area contributed by atoms with Gasteiger partial charge in [0, 0.05) is 18.8 Å². The number of nitrogens with zero attached hydrogens (tertiary/aromatic N) is 2. The summed E-state index contributed by atoms with van der Waals surface area (Å²) in [6.07, 6.45) is 4.89. The zero-order valence-electron chi connectivity index (χ0n) is 19.1. The van der Waals surface area contributed by atoms with Gasteiger partial charge in [0.25, 0.3) is 11.9 Å². The van der Waals surface area contributed by atoms with E-state index in [0.717, 1.165) is 5.56 Å². The molecule has 1 aromatic heterocycles. The molecule has 0 aliphatic carbocycles. The smallest absolute Gasteiger partial charge is 0.508 e. The Hall–Kier alpha value is -3.27. The van der Waals surface area contributed by atoms with E-state index in [1.807, 2.05) is 44.2 Å². The monoisotopic (exact) mass is 452 g/mol. The lowest BCUT2D eigenvalue weighted by molar-refractivity contribution is -0.142. The van der Waals surface area contributed by atoms with E-state index in [0.29, 0.717) is 6.42 Å². The molecule has 0 bridgehead atoms. The van der Waals surface area contributed by atoms with E-state index >= 15 is 0 Å². The lowest BCUT2D eigenvalue weighted by atomic mass is 9.72. The van der Waals surface area contributed by atoms with Gasteiger partial charge < -0.3 is 19.9 Å². The van der Waals surface area contributed by atoms with E-state index in [1.54, 1.807) is 6.92 Å². The molecular formula is C23H29BN4O5. The van der Waals surface area contributed by atoms with Crippen molar-refractivity contribution < 1.29 is 23.7 Å². The maximum Gasteiger partial charge on any atom is 0.551 e. The van der Waals surface area contributed by atoms with E-state index in [2.05, 4.69) is 20.6 Å². The van der Waals surface area contributed by atoms with Crippen LogP contribution in [-0.2, 0) is 25.3 Å². The number of rotatable bonds is 9. The molecule has 10 heteroatoms. The molecule has 2 N–H and O–H groups in total. The predicted octanol–water partition coefficient (Wildman–Crippen LogP) is 1.73. The normalized spacial score (nSPS) is 17.8. The average Bonchev–Trinajstić information content (AvgIpc) is 2.78. The van der Waals surface area contributed by atoms with E-state index in [9.17, 15) is 14.4 Å². The van der Waals surface area contributed by atoms with E-state index in [1.165, 1.54) is 18.6 Å². The van der Waals surface area contributed by atoms with Crippen molar-refractivity contribution in [2.24, 2.45) is 5.92 Å². The van der Waals surface area contributed by atoms with Gasteiger partial charge in [-0.1, -0.05) is 44.2 Å². The fourth-order valence-electron chi connectivity index (χ4n) is 3.63. The van der Waals surface area contributed by atoms with E-state index < -0.39 is 30.9 Å². The molecule has 0 saturated carbocycles. The van der Waals surface area contributed by atoms with E-state index in [-0.39, 0.29) is 36.5 Å². The first-order valence-electron chi connectivity index (χ1n) is 11.1. The summed E-state index contributed by atoms with van der Waals surface area (Å²) in [6.45, 7) is 5.80. The predicted molar refractivity (Wildman–Crippen MR) is 122 cm³/mol. The number of hydrogen-bond donors (Lipinski definition) is 2. The van der Waals surface area contributed by atoms with Crippen LogP contribution in [0.15, 0.2) is 48.9 Å². The minimum absolute atomic E-state index is 0.112. The second kappa shape index (κ2) is 11.6. The topological polar surface area (TPSA) is 120 Å². The van der Waals surface area contributed by atoms with Crippen molar-refractivity contribution in [2.75, 3.05) is 0 Å². The molecule has 1 fully saturated rings. The third-order valence-electron chi connectivity index (χ3n) is 5.15. The summed E-state index contributed by atoms with van der Waals surface area (Å²) in [7, 11) is -0.888. The van der Waals surface area contributed by atoms with Gasteiger partial charge in [0.2, 0.25) is 5.91 Å². The molecule has 2 heterocycles. The van der Waals surface area contributed by atoms with Crippen molar-refractivity contribution in [3.8, 4) is 0 Å². The summed E-state index contributed by atoms with van der Waals surface area (Å²) in [5, 5.41) is 5.70. The molecule has 1 saturated heterocycles. The van der Waals surface area contributed by atoms with Gasteiger partial charge in [0.05, 0.1) is 24.7 Å². The van der Waals surface area contributed by atoms with Gasteiger partial charge in [-0.25, -0.2) is 4.98 Å². The Labute approximate surface area is 193 Å². The van der Waals surface area contributed by atoms with Gasteiger partial charge in [0.15, 0.2) is 0 Å². The Morgan fingerprint density at radius 3 is 2.58 bits per heavy atom. The van der Waals surface area contributed by atoms with Crippen molar-refractivity contribution in [2.45, 2.75) is 58.1 Å². The first-order valence-corrected chi connectivity index (χ1v) is 11.1. The van der Waals surface area contributed by atoms with Crippen molar-refractivity contribution in [1.82, 2.24) is 20.6 Å². The number of aromatic nitrogens is 2. The SMILES string of the molecule is CC(C)C[C@H](NC(=O)C(Cc1ccccc1)NC(=O)c1cnccn1)B1OC(=O)C[C@H](C)O1. The van der Waals surface area contributed by atoms with Crippen molar-refractivity contribution >= 4 is 24.9 Å². The minimum atomic E-state index is -0.888. The van der Waals surface area contributed by atoms with Crippen molar-refractivity contribution in [3.05, 3.63) is 60.2 Å². The summed E-state index contributed by atoms with van der Waals surface area (Å²) in [6, 6.07) is 8.50. The molecule has 3 atom stereocenters. The van der Waals surface area contributed by atoms with Crippen LogP contribution in [0, 0.1) is 5.92 Å². The standard InChI is InChI=1S/C23H29BN4O5/c1-15(2)11-20(24-32-16(3)12-21(29)33-24)28-22(30)18(13-17-7-5-4-6-8-17)27-23(31)19-14-25-9-10-26-19/h4-10,14-16,18,20H,11-13H2,1-3H3,(H,27,31)(H,28,30)/t16-,18?,20-/m0/s1. The minimum Gasteiger partial charge on any atom is -0.508 e. The molecule has 2 amide bonds. The quantitative estimate of drug-likeness (QED) is 0.556. The summed E-state index contributed by atoms with van der Waals surface area (Å²) < 4.78 is 11.2. The van der Waals surface area contributed by atoms with Crippen LogP contribution in [0.2, 0.25) is 0 Å². The van der Waals surface area contributed by atoms with Crippen LogP contribution in [0.25, 0.3) is 0 Å². The number of amides is 2. The molecule has 3 rings (SSSR count). The molecule has 1 unspecified atom stereocenters. The highest BCUT2D eigenvalue weighted by molar-refractivity contribution is 6.49. The van der Waals surface area contributed by atoms with Gasteiger partial charge in [-0.05, 0) is 24.8 Å². The Bertz CT molecular complexity index is 944. The summed E-state index contributed by atoms with van der Waals surface area (Å²) in [5.41, 5.74) is 0.993. The van der Waals surface area contributed by atoms with Crippen LogP contribution in [-0.4, -0.2) is 53.0 Å². The van der Waals surface area contributed by atoms with Gasteiger partial charge in [-0.2, -0.15) is 0 Å². The van der Waals surface area contributed by atoms with Gasteiger partial charge in [0.1, 0.15) is 11.7 Å². The molecule has 0 spiro atoms. The first kappa shape index (κ1) is 24.4. The molecular weight excluding hydrogens is 423 g/mol. The Morgan fingerprint density at radius 2 is 1.94 bits per heavy atom. The maximum atomic E-state index is 13.4. The third-order valence-corrected chi connectivity index (χ3v) is 5.15. The van der Waals surface area contributed by atoms with Crippen LogP contribution in [0.4, 0.5) is 0 Å². The third kappa shape index (κ3) is 7.39. The van der Waals surface area contributed by atoms with Gasteiger partial charge in [-0.3, -0.25) is 19.4 Å². The number of nitrogens with one attached hydrogen (secondary N) is 2. The number of hydrogen-bond acceptors (Lipinski definition) is 7. The summed E-state index contributed by atoms with van der Waals surface area (Å²) in [4.78, 5) is 45.9. The second-order valence-corrected chi connectivity index (χ2v) is 8.56. The van der Waals surface area contributed by atoms with Crippen LogP contribution in [0.5, 0.6) is 0 Å². The zero-order valence-corrected chi connectivity index (χ0v) is 19.1. The average molecular weight is 452 g/mol. The lowest BCUT2D eigenvalue weighted by Gasteiger charge is -2.32. The Balaban J connectivity index is 1.78. The van der Waals surface area contributed by atoms with Crippen LogP contribution < -0.4 is 10.6 Å². The highest BCUT2D eigenvalue weighted by Crippen LogP contribution is 2.18. The highest BCUT2D eigenvalue weighted by Gasteiger charge is 2.41. The first-order chi connectivity index (χ1) is 15.8. The molecule has 9 nitrogen and oxygen atoms in total. The Kier molecular flexibility index (Phi) is 8.54. The van der Waals surface area contributed by atoms with Crippen molar-refractivity contribution in [3.63, 3.8) is 0 Å². The largest absolute Gasteiger partial charge is 0.551 e. The molecule has 1 aliphatic heterocycles. The number of carbonyl (C=O) groups excluding carboxylic acids is 3. The van der Waals surface area contributed by atoms with Gasteiger partial charge >= 0.3 is 7.12 Å². The maximum absolute atomic E-state index is 13.4. The van der Waals surface area contributed by atoms with Crippen molar-refractivity contribution in [1.29, 1.82) is 0 Å².